The van der Waals surface area contributed by atoms with Crippen molar-refractivity contribution >= 4 is 17.2 Å². The molecule has 2 aromatic rings. The molecule has 0 aromatic carbocycles. The first-order valence-corrected chi connectivity index (χ1v) is 5.09. The molecule has 0 radical (unpaired) electrons. The highest BCUT2D eigenvalue weighted by Gasteiger charge is 1.97. The van der Waals surface area contributed by atoms with Gasteiger partial charge in [0.1, 0.15) is 18.2 Å². The molecule has 2 aromatic heterocycles. The third-order valence-electron chi connectivity index (χ3n) is 1.71. The van der Waals surface area contributed by atoms with Crippen molar-refractivity contribution in [3.63, 3.8) is 0 Å². The SMILES string of the molecule is Nc1cc(OCc2cccs2)ccn1. The minimum Gasteiger partial charge on any atom is -0.488 e. The molecule has 0 aliphatic rings. The molecule has 2 N–H and O–H groups in total. The molecule has 72 valence electrons. The van der Waals surface area contributed by atoms with Gasteiger partial charge in [0.05, 0.1) is 0 Å². The van der Waals surface area contributed by atoms with Crippen LogP contribution in [0.4, 0.5) is 5.82 Å². The summed E-state index contributed by atoms with van der Waals surface area (Å²) >= 11 is 1.67. The third-order valence-corrected chi connectivity index (χ3v) is 2.56. The molecule has 0 aliphatic carbocycles. The van der Waals surface area contributed by atoms with Gasteiger partial charge in [-0.05, 0) is 17.5 Å². The van der Waals surface area contributed by atoms with Crippen LogP contribution in [-0.4, -0.2) is 4.98 Å². The van der Waals surface area contributed by atoms with E-state index in [1.807, 2.05) is 17.5 Å². The summed E-state index contributed by atoms with van der Waals surface area (Å²) in [5.74, 6) is 1.24. The molecule has 0 saturated heterocycles. The summed E-state index contributed by atoms with van der Waals surface area (Å²) in [6.07, 6.45) is 1.64. The van der Waals surface area contributed by atoms with Gasteiger partial charge in [-0.2, -0.15) is 0 Å². The maximum atomic E-state index is 5.52. The van der Waals surface area contributed by atoms with E-state index in [0.29, 0.717) is 12.4 Å². The minimum atomic E-state index is 0.480. The quantitative estimate of drug-likeness (QED) is 0.838. The molecule has 0 unspecified atom stereocenters. The fourth-order valence-corrected chi connectivity index (χ4v) is 1.68. The first-order chi connectivity index (χ1) is 6.84. The molecule has 2 rings (SSSR count). The van der Waals surface area contributed by atoms with E-state index >= 15 is 0 Å². The summed E-state index contributed by atoms with van der Waals surface area (Å²) in [7, 11) is 0. The van der Waals surface area contributed by atoms with E-state index in [-0.39, 0.29) is 0 Å². The molecule has 0 aliphatic heterocycles. The van der Waals surface area contributed by atoms with Crippen molar-refractivity contribution in [1.29, 1.82) is 0 Å². The second-order valence-corrected chi connectivity index (χ2v) is 3.82. The lowest BCUT2D eigenvalue weighted by Crippen LogP contribution is -1.95. The average molecular weight is 206 g/mol. The Morgan fingerprint density at radius 2 is 2.36 bits per heavy atom. The standard InChI is InChI=1S/C10H10N2OS/c11-10-6-8(3-4-12-10)13-7-9-2-1-5-14-9/h1-6H,7H2,(H2,11,12). The predicted molar refractivity (Wildman–Crippen MR) is 57.3 cm³/mol. The molecule has 2 heterocycles. The number of hydrogen-bond acceptors (Lipinski definition) is 4. The Morgan fingerprint density at radius 1 is 1.43 bits per heavy atom. The fourth-order valence-electron chi connectivity index (χ4n) is 1.07. The van der Waals surface area contributed by atoms with Gasteiger partial charge >= 0.3 is 0 Å². The van der Waals surface area contributed by atoms with Crippen LogP contribution in [0.3, 0.4) is 0 Å². The lowest BCUT2D eigenvalue weighted by atomic mass is 10.4. The molecule has 4 heteroatoms. The van der Waals surface area contributed by atoms with Crippen molar-refractivity contribution in [2.45, 2.75) is 6.61 Å². The number of pyridine rings is 1. The highest BCUT2D eigenvalue weighted by molar-refractivity contribution is 7.09. The predicted octanol–water partition coefficient (Wildman–Crippen LogP) is 2.30. The van der Waals surface area contributed by atoms with Crippen LogP contribution in [0.2, 0.25) is 0 Å². The van der Waals surface area contributed by atoms with Gasteiger partial charge in [0.25, 0.3) is 0 Å². The number of nitrogens with zero attached hydrogens (tertiary/aromatic N) is 1. The smallest absolute Gasteiger partial charge is 0.126 e. The largest absolute Gasteiger partial charge is 0.488 e. The number of nitrogen functional groups attached to an aromatic ring is 1. The van der Waals surface area contributed by atoms with Crippen molar-refractivity contribution in [2.75, 3.05) is 5.73 Å². The molecular formula is C10H10N2OS. The number of thiophene rings is 1. The Morgan fingerprint density at radius 3 is 3.07 bits per heavy atom. The van der Waals surface area contributed by atoms with Gasteiger partial charge in [-0.15, -0.1) is 11.3 Å². The Hall–Kier alpha value is -1.55. The number of ether oxygens (including phenoxy) is 1. The van der Waals surface area contributed by atoms with E-state index in [4.69, 9.17) is 10.5 Å². The summed E-state index contributed by atoms with van der Waals surface area (Å²) in [6.45, 7) is 0.584. The van der Waals surface area contributed by atoms with Crippen LogP contribution in [0.1, 0.15) is 4.88 Å². The van der Waals surface area contributed by atoms with E-state index in [2.05, 4.69) is 4.98 Å². The summed E-state index contributed by atoms with van der Waals surface area (Å²) in [5.41, 5.74) is 5.52. The number of nitrogens with two attached hydrogens (primary N) is 1. The van der Waals surface area contributed by atoms with Crippen LogP contribution in [0.15, 0.2) is 35.8 Å². The summed E-state index contributed by atoms with van der Waals surface area (Å²) in [4.78, 5) is 5.08. The second kappa shape index (κ2) is 4.11. The number of hydrogen-bond donors (Lipinski definition) is 1. The summed E-state index contributed by atoms with van der Waals surface area (Å²) < 4.78 is 5.52. The molecule has 0 atom stereocenters. The van der Waals surface area contributed by atoms with Crippen LogP contribution in [0, 0.1) is 0 Å². The third kappa shape index (κ3) is 2.23. The zero-order valence-electron chi connectivity index (χ0n) is 7.51. The summed E-state index contributed by atoms with van der Waals surface area (Å²) in [5, 5.41) is 2.03. The molecule has 0 bridgehead atoms. The molecule has 0 fully saturated rings. The van der Waals surface area contributed by atoms with E-state index in [0.717, 1.165) is 5.75 Å². The topological polar surface area (TPSA) is 48.1 Å². The number of anilines is 1. The zero-order valence-corrected chi connectivity index (χ0v) is 8.33. The lowest BCUT2D eigenvalue weighted by molar-refractivity contribution is 0.309. The van der Waals surface area contributed by atoms with Crippen molar-refractivity contribution in [3.05, 3.63) is 40.7 Å². The average Bonchev–Trinajstić information content (AvgIpc) is 2.67. The fraction of sp³-hybridized carbons (Fsp3) is 0.100. The van der Waals surface area contributed by atoms with Crippen LogP contribution >= 0.6 is 11.3 Å². The normalized spacial score (nSPS) is 10.0. The van der Waals surface area contributed by atoms with E-state index in [9.17, 15) is 0 Å². The highest BCUT2D eigenvalue weighted by atomic mass is 32.1. The van der Waals surface area contributed by atoms with Gasteiger partial charge in [-0.3, -0.25) is 0 Å². The molecule has 0 amide bonds. The van der Waals surface area contributed by atoms with Gasteiger partial charge in [-0.25, -0.2) is 4.98 Å². The van der Waals surface area contributed by atoms with Gasteiger partial charge in [0, 0.05) is 17.1 Å². The maximum Gasteiger partial charge on any atom is 0.126 e. The molecular weight excluding hydrogens is 196 g/mol. The second-order valence-electron chi connectivity index (χ2n) is 2.78. The maximum absolute atomic E-state index is 5.52. The highest BCUT2D eigenvalue weighted by Crippen LogP contribution is 2.16. The van der Waals surface area contributed by atoms with Crippen molar-refractivity contribution < 1.29 is 4.74 Å². The van der Waals surface area contributed by atoms with Crippen molar-refractivity contribution in [2.24, 2.45) is 0 Å². The molecule has 0 saturated carbocycles. The first kappa shape index (κ1) is 9.02. The van der Waals surface area contributed by atoms with Crippen LogP contribution < -0.4 is 10.5 Å². The van der Waals surface area contributed by atoms with Gasteiger partial charge in [-0.1, -0.05) is 6.07 Å². The number of rotatable bonds is 3. The van der Waals surface area contributed by atoms with E-state index in [1.165, 1.54) is 4.88 Å². The Kier molecular flexibility index (Phi) is 2.65. The Bertz CT molecular complexity index is 400. The summed E-state index contributed by atoms with van der Waals surface area (Å²) in [6, 6.07) is 7.55. The van der Waals surface area contributed by atoms with Crippen molar-refractivity contribution in [1.82, 2.24) is 4.98 Å². The van der Waals surface area contributed by atoms with Crippen LogP contribution in [0.25, 0.3) is 0 Å². The van der Waals surface area contributed by atoms with Crippen molar-refractivity contribution in [3.8, 4) is 5.75 Å². The molecule has 14 heavy (non-hydrogen) atoms. The molecule has 3 nitrogen and oxygen atoms in total. The minimum absolute atomic E-state index is 0.480. The monoisotopic (exact) mass is 206 g/mol. The first-order valence-electron chi connectivity index (χ1n) is 4.21. The van der Waals surface area contributed by atoms with Crippen LogP contribution in [0.5, 0.6) is 5.75 Å². The van der Waals surface area contributed by atoms with Gasteiger partial charge in [0.15, 0.2) is 0 Å². The van der Waals surface area contributed by atoms with Crippen LogP contribution in [-0.2, 0) is 6.61 Å². The zero-order chi connectivity index (χ0) is 9.80. The van der Waals surface area contributed by atoms with E-state index < -0.39 is 0 Å². The Labute approximate surface area is 86.2 Å². The van der Waals surface area contributed by atoms with Gasteiger partial charge in [0.2, 0.25) is 0 Å². The lowest BCUT2D eigenvalue weighted by Gasteiger charge is -2.04. The van der Waals surface area contributed by atoms with E-state index in [1.54, 1.807) is 29.7 Å². The Balaban J connectivity index is 1.98. The van der Waals surface area contributed by atoms with Gasteiger partial charge < -0.3 is 10.5 Å². The molecule has 0 spiro atoms. The number of aromatic nitrogens is 1.